The van der Waals surface area contributed by atoms with Gasteiger partial charge in [-0.3, -0.25) is 0 Å². The first-order valence-corrected chi connectivity index (χ1v) is 4.06. The van der Waals surface area contributed by atoms with Gasteiger partial charge in [0.25, 0.3) is 0 Å². The topological polar surface area (TPSA) is 4.93 Å². The number of fused-ring (bicyclic) bond motifs is 1. The highest BCUT2D eigenvalue weighted by molar-refractivity contribution is 5.82. The van der Waals surface area contributed by atoms with Crippen molar-refractivity contribution in [1.29, 1.82) is 0 Å². The summed E-state index contributed by atoms with van der Waals surface area (Å²) < 4.78 is 2.19. The van der Waals surface area contributed by atoms with Crippen molar-refractivity contribution >= 4 is 10.9 Å². The molecule has 0 aliphatic heterocycles. The number of hydrogen-bond acceptors (Lipinski definition) is 0. The zero-order chi connectivity index (χ0) is 8.72. The lowest BCUT2D eigenvalue weighted by Crippen LogP contribution is -1.88. The van der Waals surface area contributed by atoms with E-state index in [1.54, 1.807) is 0 Å². The van der Waals surface area contributed by atoms with Crippen LogP contribution in [0, 0.1) is 13.8 Å². The average Bonchev–Trinajstić information content (AvgIpc) is 2.28. The molecule has 1 nitrogen and oxygen atoms in total. The Labute approximate surface area is 72.6 Å². The van der Waals surface area contributed by atoms with Crippen LogP contribution in [-0.2, 0) is 7.05 Å². The zero-order valence-electron chi connectivity index (χ0n) is 7.46. The first kappa shape index (κ1) is 7.41. The molecule has 2 aromatic rings. The maximum absolute atomic E-state index is 3.90. The minimum Gasteiger partial charge on any atom is -0.348 e. The van der Waals surface area contributed by atoms with E-state index in [1.165, 1.54) is 16.6 Å². The maximum Gasteiger partial charge on any atom is 0.0479 e. The number of benzene rings is 1. The summed E-state index contributed by atoms with van der Waals surface area (Å²) in [6, 6.07) is 8.46. The lowest BCUT2D eigenvalue weighted by atomic mass is 10.2. The lowest BCUT2D eigenvalue weighted by Gasteiger charge is -1.98. The molecule has 0 N–H and O–H groups in total. The molecule has 12 heavy (non-hydrogen) atoms. The summed E-state index contributed by atoms with van der Waals surface area (Å²) in [5, 5.41) is 1.28. The smallest absolute Gasteiger partial charge is 0.0479 e. The molecule has 0 amide bonds. The highest BCUT2D eigenvalue weighted by atomic mass is 14.9. The largest absolute Gasteiger partial charge is 0.348 e. The zero-order valence-corrected chi connectivity index (χ0v) is 7.46. The highest BCUT2D eigenvalue weighted by Gasteiger charge is 2.00. The molecule has 0 unspecified atom stereocenters. The Hall–Kier alpha value is -1.24. The number of rotatable bonds is 0. The van der Waals surface area contributed by atoms with E-state index >= 15 is 0 Å². The minimum absolute atomic E-state index is 1.08. The molecule has 0 aliphatic carbocycles. The summed E-state index contributed by atoms with van der Waals surface area (Å²) in [5.74, 6) is 0. The molecule has 0 saturated carbocycles. The van der Waals surface area contributed by atoms with E-state index in [2.05, 4.69) is 43.7 Å². The van der Waals surface area contributed by atoms with Crippen molar-refractivity contribution in [2.45, 2.75) is 6.92 Å². The fraction of sp³-hybridized carbons (Fsp3) is 0.182. The van der Waals surface area contributed by atoms with Gasteiger partial charge in [-0.1, -0.05) is 6.07 Å². The second-order valence-electron chi connectivity index (χ2n) is 3.24. The third-order valence-electron chi connectivity index (χ3n) is 2.35. The van der Waals surface area contributed by atoms with Gasteiger partial charge in [-0.25, -0.2) is 0 Å². The van der Waals surface area contributed by atoms with Crippen LogP contribution in [0.5, 0.6) is 0 Å². The summed E-state index contributed by atoms with van der Waals surface area (Å²) in [6.07, 6.45) is 0. The van der Waals surface area contributed by atoms with Gasteiger partial charge in [-0.15, -0.1) is 0 Å². The molecule has 1 heteroatoms. The molecular weight excluding hydrogens is 146 g/mol. The van der Waals surface area contributed by atoms with Crippen molar-refractivity contribution in [2.24, 2.45) is 7.05 Å². The van der Waals surface area contributed by atoms with Gasteiger partial charge in [0.15, 0.2) is 0 Å². The molecule has 1 aromatic carbocycles. The first-order chi connectivity index (χ1) is 5.68. The van der Waals surface area contributed by atoms with E-state index in [-0.39, 0.29) is 0 Å². The standard InChI is InChI=1S/C11H12N/c1-8-4-5-11-10(6-8)7-9(2)12(11)3/h4-7H,1H2,2-3H3. The van der Waals surface area contributed by atoms with Crippen molar-refractivity contribution in [1.82, 2.24) is 4.57 Å². The van der Waals surface area contributed by atoms with Crippen LogP contribution in [0.15, 0.2) is 24.3 Å². The Morgan fingerprint density at radius 3 is 2.75 bits per heavy atom. The molecule has 61 valence electrons. The second kappa shape index (κ2) is 2.37. The predicted octanol–water partition coefficient (Wildman–Crippen LogP) is 2.67. The monoisotopic (exact) mass is 158 g/mol. The third-order valence-corrected chi connectivity index (χ3v) is 2.35. The Morgan fingerprint density at radius 2 is 2.00 bits per heavy atom. The van der Waals surface area contributed by atoms with Gasteiger partial charge >= 0.3 is 0 Å². The molecule has 1 heterocycles. The van der Waals surface area contributed by atoms with Gasteiger partial charge < -0.3 is 4.57 Å². The number of nitrogens with zero attached hydrogens (tertiary/aromatic N) is 1. The molecule has 1 aromatic heterocycles. The minimum atomic E-state index is 1.08. The Bertz CT molecular complexity index is 424. The summed E-state index contributed by atoms with van der Waals surface area (Å²) in [4.78, 5) is 0. The van der Waals surface area contributed by atoms with Crippen LogP contribution in [-0.4, -0.2) is 4.57 Å². The molecule has 0 aliphatic rings. The van der Waals surface area contributed by atoms with Crippen molar-refractivity contribution in [3.8, 4) is 0 Å². The van der Waals surface area contributed by atoms with Crippen LogP contribution >= 0.6 is 0 Å². The van der Waals surface area contributed by atoms with E-state index in [4.69, 9.17) is 0 Å². The van der Waals surface area contributed by atoms with Crippen molar-refractivity contribution in [3.05, 3.63) is 42.4 Å². The van der Waals surface area contributed by atoms with Crippen LogP contribution in [0.2, 0.25) is 0 Å². The quantitative estimate of drug-likeness (QED) is 0.555. The van der Waals surface area contributed by atoms with Crippen molar-refractivity contribution in [3.63, 3.8) is 0 Å². The van der Waals surface area contributed by atoms with Crippen molar-refractivity contribution < 1.29 is 0 Å². The fourth-order valence-electron chi connectivity index (χ4n) is 1.54. The molecule has 2 rings (SSSR count). The summed E-state index contributed by atoms with van der Waals surface area (Å²) in [5.41, 5.74) is 3.64. The molecule has 0 fully saturated rings. The van der Waals surface area contributed by atoms with Crippen molar-refractivity contribution in [2.75, 3.05) is 0 Å². The highest BCUT2D eigenvalue weighted by Crippen LogP contribution is 2.18. The van der Waals surface area contributed by atoms with Crippen LogP contribution in [0.3, 0.4) is 0 Å². The van der Waals surface area contributed by atoms with Gasteiger partial charge in [-0.05, 0) is 37.6 Å². The molecular formula is C11H12N. The number of aryl methyl sites for hydroxylation is 2. The fourth-order valence-corrected chi connectivity index (χ4v) is 1.54. The van der Waals surface area contributed by atoms with E-state index in [1.807, 2.05) is 6.07 Å². The predicted molar refractivity (Wildman–Crippen MR) is 52.1 cm³/mol. The SMILES string of the molecule is [CH2]c1ccc2c(c1)cc(C)n2C. The third kappa shape index (κ3) is 0.934. The first-order valence-electron chi connectivity index (χ1n) is 4.06. The van der Waals surface area contributed by atoms with E-state index in [9.17, 15) is 0 Å². The molecule has 0 spiro atoms. The Kier molecular flexibility index (Phi) is 1.47. The van der Waals surface area contributed by atoms with E-state index < -0.39 is 0 Å². The van der Waals surface area contributed by atoms with Crippen LogP contribution in [0.1, 0.15) is 11.3 Å². The average molecular weight is 158 g/mol. The van der Waals surface area contributed by atoms with Gasteiger partial charge in [-0.2, -0.15) is 0 Å². The van der Waals surface area contributed by atoms with Gasteiger partial charge in [0.05, 0.1) is 0 Å². The normalized spacial score (nSPS) is 10.9. The maximum atomic E-state index is 3.90. The summed E-state index contributed by atoms with van der Waals surface area (Å²) in [7, 11) is 2.08. The van der Waals surface area contributed by atoms with Crippen LogP contribution in [0.4, 0.5) is 0 Å². The molecule has 1 radical (unpaired) electrons. The van der Waals surface area contributed by atoms with Gasteiger partial charge in [0, 0.05) is 23.6 Å². The number of aromatic nitrogens is 1. The Morgan fingerprint density at radius 1 is 1.25 bits per heavy atom. The van der Waals surface area contributed by atoms with Crippen LogP contribution in [0.25, 0.3) is 10.9 Å². The van der Waals surface area contributed by atoms with Crippen LogP contribution < -0.4 is 0 Å². The molecule has 0 bridgehead atoms. The van der Waals surface area contributed by atoms with E-state index in [0.29, 0.717) is 0 Å². The lowest BCUT2D eigenvalue weighted by molar-refractivity contribution is 0.918. The molecule has 0 saturated heterocycles. The Balaban J connectivity index is 2.87. The summed E-state index contributed by atoms with van der Waals surface area (Å²) >= 11 is 0. The summed E-state index contributed by atoms with van der Waals surface area (Å²) in [6.45, 7) is 6.01. The second-order valence-corrected chi connectivity index (χ2v) is 3.24. The number of hydrogen-bond donors (Lipinski definition) is 0. The van der Waals surface area contributed by atoms with Gasteiger partial charge in [0.2, 0.25) is 0 Å². The molecule has 0 atom stereocenters. The van der Waals surface area contributed by atoms with E-state index in [0.717, 1.165) is 5.56 Å². The van der Waals surface area contributed by atoms with Gasteiger partial charge in [0.1, 0.15) is 0 Å².